The zero-order chi connectivity index (χ0) is 14.4. The van der Waals surface area contributed by atoms with Crippen LogP contribution in [0, 0.1) is 0 Å². The number of rotatable bonds is 5. The summed E-state index contributed by atoms with van der Waals surface area (Å²) in [7, 11) is 1.67. The summed E-state index contributed by atoms with van der Waals surface area (Å²) in [5, 5.41) is 3.75. The van der Waals surface area contributed by atoms with E-state index < -0.39 is 0 Å². The van der Waals surface area contributed by atoms with E-state index in [1.807, 2.05) is 36.0 Å². The molecule has 0 spiro atoms. The Bertz CT molecular complexity index is 433. The monoisotopic (exact) mass is 293 g/mol. The molecule has 20 heavy (non-hydrogen) atoms. The Morgan fingerprint density at radius 3 is 2.65 bits per heavy atom. The minimum atomic E-state index is 0.0416. The van der Waals surface area contributed by atoms with E-state index in [1.54, 1.807) is 7.11 Å². The van der Waals surface area contributed by atoms with Gasteiger partial charge in [-0.05, 0) is 36.8 Å². The molecule has 0 heterocycles. The van der Waals surface area contributed by atoms with Gasteiger partial charge in [0.2, 0.25) is 0 Å². The molecule has 0 aromatic heterocycles. The van der Waals surface area contributed by atoms with Crippen molar-refractivity contribution in [2.75, 3.05) is 13.4 Å². The number of hydrogen-bond acceptors (Lipinski definition) is 3. The van der Waals surface area contributed by atoms with E-state index in [0.717, 1.165) is 17.5 Å². The third kappa shape index (κ3) is 4.00. The van der Waals surface area contributed by atoms with E-state index in [4.69, 9.17) is 4.74 Å². The number of carbonyl (C=O) groups excluding carboxylic acids is 1. The number of amides is 1. The lowest BCUT2D eigenvalue weighted by Crippen LogP contribution is -2.43. The van der Waals surface area contributed by atoms with Gasteiger partial charge in [0.15, 0.2) is 0 Å². The molecular formula is C16H23NO2S. The Kier molecular flexibility index (Phi) is 5.92. The molecular weight excluding hydrogens is 270 g/mol. The Morgan fingerprint density at radius 1 is 1.30 bits per heavy atom. The van der Waals surface area contributed by atoms with Gasteiger partial charge in [-0.15, -0.1) is 0 Å². The smallest absolute Gasteiger partial charge is 0.251 e. The van der Waals surface area contributed by atoms with Crippen molar-refractivity contribution < 1.29 is 9.53 Å². The first-order chi connectivity index (χ1) is 9.74. The van der Waals surface area contributed by atoms with Crippen LogP contribution in [0.25, 0.3) is 0 Å². The fraction of sp³-hybridized carbons (Fsp3) is 0.562. The van der Waals surface area contributed by atoms with Gasteiger partial charge in [0.05, 0.1) is 6.61 Å². The average Bonchev–Trinajstić information content (AvgIpc) is 2.49. The standard InChI is InChI=1S/C16H23NO2S/c1-19-11-12-7-9-13(10-8-12)16(18)17-14-5-3-4-6-15(14)20-2/h7-10,14-15H,3-6,11H2,1-2H3,(H,17,18). The largest absolute Gasteiger partial charge is 0.380 e. The molecule has 2 atom stereocenters. The van der Waals surface area contributed by atoms with E-state index in [2.05, 4.69) is 11.6 Å². The first kappa shape index (κ1) is 15.4. The Labute approximate surface area is 125 Å². The summed E-state index contributed by atoms with van der Waals surface area (Å²) in [5.41, 5.74) is 1.82. The lowest BCUT2D eigenvalue weighted by molar-refractivity contribution is 0.0929. The lowest BCUT2D eigenvalue weighted by atomic mass is 9.94. The summed E-state index contributed by atoms with van der Waals surface area (Å²) in [4.78, 5) is 12.3. The Hall–Kier alpha value is -1.00. The van der Waals surface area contributed by atoms with E-state index in [-0.39, 0.29) is 5.91 Å². The van der Waals surface area contributed by atoms with E-state index in [1.165, 1.54) is 19.3 Å². The van der Waals surface area contributed by atoms with Crippen LogP contribution in [-0.4, -0.2) is 30.6 Å². The first-order valence-electron chi connectivity index (χ1n) is 7.16. The van der Waals surface area contributed by atoms with Crippen molar-refractivity contribution in [2.45, 2.75) is 43.6 Å². The predicted octanol–water partition coefficient (Wildman–Crippen LogP) is 3.24. The average molecular weight is 293 g/mol. The van der Waals surface area contributed by atoms with Crippen molar-refractivity contribution in [3.05, 3.63) is 35.4 Å². The maximum absolute atomic E-state index is 12.3. The molecule has 0 saturated heterocycles. The summed E-state index contributed by atoms with van der Waals surface area (Å²) >= 11 is 1.87. The molecule has 1 amide bonds. The number of carbonyl (C=O) groups is 1. The first-order valence-corrected chi connectivity index (χ1v) is 8.45. The minimum absolute atomic E-state index is 0.0416. The molecule has 3 nitrogen and oxygen atoms in total. The molecule has 0 radical (unpaired) electrons. The van der Waals surface area contributed by atoms with Crippen molar-refractivity contribution in [3.8, 4) is 0 Å². The van der Waals surface area contributed by atoms with Gasteiger partial charge in [-0.25, -0.2) is 0 Å². The predicted molar refractivity (Wildman–Crippen MR) is 84.2 cm³/mol. The Balaban J connectivity index is 1.96. The third-order valence-corrected chi connectivity index (χ3v) is 5.02. The van der Waals surface area contributed by atoms with Crippen LogP contribution in [0.1, 0.15) is 41.6 Å². The summed E-state index contributed by atoms with van der Waals surface area (Å²) in [5.74, 6) is 0.0416. The second kappa shape index (κ2) is 7.70. The topological polar surface area (TPSA) is 38.3 Å². The van der Waals surface area contributed by atoms with Gasteiger partial charge in [-0.3, -0.25) is 4.79 Å². The summed E-state index contributed by atoms with van der Waals surface area (Å²) in [6, 6.07) is 7.96. The van der Waals surface area contributed by atoms with Gasteiger partial charge >= 0.3 is 0 Å². The number of methoxy groups -OCH3 is 1. The molecule has 1 aromatic carbocycles. The van der Waals surface area contributed by atoms with Gasteiger partial charge in [-0.2, -0.15) is 11.8 Å². The number of ether oxygens (including phenoxy) is 1. The SMILES string of the molecule is COCc1ccc(C(=O)NC2CCCCC2SC)cc1. The van der Waals surface area contributed by atoms with Gasteiger partial charge < -0.3 is 10.1 Å². The number of benzene rings is 1. The molecule has 2 unspecified atom stereocenters. The van der Waals surface area contributed by atoms with Gasteiger partial charge in [0.25, 0.3) is 5.91 Å². The van der Waals surface area contributed by atoms with Crippen molar-refractivity contribution in [3.63, 3.8) is 0 Å². The Morgan fingerprint density at radius 2 is 2.00 bits per heavy atom. The summed E-state index contributed by atoms with van der Waals surface area (Å²) in [6.07, 6.45) is 6.94. The number of nitrogens with one attached hydrogen (secondary N) is 1. The van der Waals surface area contributed by atoms with Crippen LogP contribution in [0.4, 0.5) is 0 Å². The van der Waals surface area contributed by atoms with Gasteiger partial charge in [0.1, 0.15) is 0 Å². The number of thioether (sulfide) groups is 1. The second-order valence-corrected chi connectivity index (χ2v) is 6.35. The molecule has 1 N–H and O–H groups in total. The summed E-state index contributed by atoms with van der Waals surface area (Å²) < 4.78 is 5.08. The molecule has 1 fully saturated rings. The van der Waals surface area contributed by atoms with Crippen LogP contribution in [0.5, 0.6) is 0 Å². The second-order valence-electron chi connectivity index (χ2n) is 5.27. The number of hydrogen-bond donors (Lipinski definition) is 1. The fourth-order valence-electron chi connectivity index (χ4n) is 2.71. The van der Waals surface area contributed by atoms with Crippen molar-refractivity contribution in [1.29, 1.82) is 0 Å². The molecule has 1 saturated carbocycles. The maximum Gasteiger partial charge on any atom is 0.251 e. The lowest BCUT2D eigenvalue weighted by Gasteiger charge is -2.30. The van der Waals surface area contributed by atoms with Crippen molar-refractivity contribution >= 4 is 17.7 Å². The molecule has 110 valence electrons. The van der Waals surface area contributed by atoms with Crippen molar-refractivity contribution in [1.82, 2.24) is 5.32 Å². The zero-order valence-electron chi connectivity index (χ0n) is 12.2. The molecule has 2 rings (SSSR count). The third-order valence-electron chi connectivity index (χ3n) is 3.85. The van der Waals surface area contributed by atoms with Crippen LogP contribution in [0.3, 0.4) is 0 Å². The van der Waals surface area contributed by atoms with Crippen LogP contribution >= 0.6 is 11.8 Å². The van der Waals surface area contributed by atoms with Gasteiger partial charge in [-0.1, -0.05) is 25.0 Å². The van der Waals surface area contributed by atoms with Crippen molar-refractivity contribution in [2.24, 2.45) is 0 Å². The zero-order valence-corrected chi connectivity index (χ0v) is 13.0. The van der Waals surface area contributed by atoms with Gasteiger partial charge in [0, 0.05) is 24.0 Å². The molecule has 1 aromatic rings. The molecule has 4 heteroatoms. The fourth-order valence-corrected chi connectivity index (χ4v) is 3.65. The highest BCUT2D eigenvalue weighted by Gasteiger charge is 2.25. The molecule has 1 aliphatic carbocycles. The maximum atomic E-state index is 12.3. The molecule has 0 aliphatic heterocycles. The van der Waals surface area contributed by atoms with E-state index in [9.17, 15) is 4.79 Å². The van der Waals surface area contributed by atoms with Crippen LogP contribution < -0.4 is 5.32 Å². The molecule has 0 bridgehead atoms. The highest BCUT2D eigenvalue weighted by atomic mass is 32.2. The van der Waals surface area contributed by atoms with E-state index in [0.29, 0.717) is 17.9 Å². The van der Waals surface area contributed by atoms with E-state index >= 15 is 0 Å². The minimum Gasteiger partial charge on any atom is -0.380 e. The highest BCUT2D eigenvalue weighted by Crippen LogP contribution is 2.27. The quantitative estimate of drug-likeness (QED) is 0.905. The molecule has 1 aliphatic rings. The summed E-state index contributed by atoms with van der Waals surface area (Å²) in [6.45, 7) is 0.582. The van der Waals surface area contributed by atoms with Crippen LogP contribution in [0.2, 0.25) is 0 Å². The highest BCUT2D eigenvalue weighted by molar-refractivity contribution is 7.99. The normalized spacial score (nSPS) is 22.5. The van der Waals surface area contributed by atoms with Crippen LogP contribution in [-0.2, 0) is 11.3 Å². The van der Waals surface area contributed by atoms with Crippen LogP contribution in [0.15, 0.2) is 24.3 Å².